The third-order valence-electron chi connectivity index (χ3n) is 4.00. The van der Waals surface area contributed by atoms with Crippen molar-refractivity contribution in [3.8, 4) is 5.75 Å². The number of rotatable bonds is 3. The number of phenols is 1. The van der Waals surface area contributed by atoms with E-state index >= 15 is 0 Å². The second-order valence-corrected chi connectivity index (χ2v) is 5.87. The molecule has 3 nitrogen and oxygen atoms in total. The van der Waals surface area contributed by atoms with Crippen molar-refractivity contribution in [1.82, 2.24) is 4.90 Å². The van der Waals surface area contributed by atoms with Gasteiger partial charge in [-0.3, -0.25) is 4.90 Å². The molecule has 18 heavy (non-hydrogen) atoms. The number of phenolic OH excluding ortho intramolecular Hbond substituents is 1. The van der Waals surface area contributed by atoms with E-state index in [1.807, 2.05) is 12.1 Å². The highest BCUT2D eigenvalue weighted by atomic mass is 16.3. The minimum absolute atomic E-state index is 0.295. The van der Waals surface area contributed by atoms with E-state index in [1.165, 1.54) is 18.4 Å². The molecule has 1 aliphatic heterocycles. The molecule has 0 aromatic heterocycles. The molecule has 1 unspecified atom stereocenters. The molecule has 1 atom stereocenters. The van der Waals surface area contributed by atoms with E-state index in [9.17, 15) is 5.11 Å². The van der Waals surface area contributed by atoms with Crippen LogP contribution in [0, 0.1) is 5.92 Å². The third-order valence-corrected chi connectivity index (χ3v) is 4.00. The Hall–Kier alpha value is -1.06. The number of hydrogen-bond donors (Lipinski definition) is 2. The molecule has 0 spiro atoms. The predicted molar refractivity (Wildman–Crippen MR) is 74.4 cm³/mol. The van der Waals surface area contributed by atoms with Crippen LogP contribution in [0.5, 0.6) is 5.75 Å². The van der Waals surface area contributed by atoms with Crippen LogP contribution >= 0.6 is 0 Å². The number of nitrogens with zero attached hydrogens (tertiary/aromatic N) is 1. The molecule has 1 aliphatic rings. The fraction of sp³-hybridized carbons (Fsp3) is 0.600. The Bertz CT molecular complexity index is 378. The zero-order chi connectivity index (χ0) is 13.2. The Morgan fingerprint density at radius 1 is 1.28 bits per heavy atom. The van der Waals surface area contributed by atoms with Crippen LogP contribution in [0.15, 0.2) is 24.3 Å². The van der Waals surface area contributed by atoms with Gasteiger partial charge in [0.25, 0.3) is 0 Å². The smallest absolute Gasteiger partial charge is 0.115 e. The highest BCUT2D eigenvalue weighted by molar-refractivity contribution is 5.27. The summed E-state index contributed by atoms with van der Waals surface area (Å²) in [6.07, 6.45) is 3.30. The van der Waals surface area contributed by atoms with Gasteiger partial charge < -0.3 is 10.8 Å². The molecule has 1 aromatic carbocycles. The Kier molecular flexibility index (Phi) is 3.93. The van der Waals surface area contributed by atoms with Crippen LogP contribution < -0.4 is 5.73 Å². The summed E-state index contributed by atoms with van der Waals surface area (Å²) in [6.45, 7) is 6.60. The number of likely N-dealkylation sites (tertiary alicyclic amines) is 1. The Labute approximate surface area is 110 Å². The minimum Gasteiger partial charge on any atom is -0.508 e. The van der Waals surface area contributed by atoms with Crippen LogP contribution in [0.25, 0.3) is 0 Å². The summed E-state index contributed by atoms with van der Waals surface area (Å²) in [6, 6.07) is 7.35. The highest BCUT2D eigenvalue weighted by Crippen LogP contribution is 2.24. The SMILES string of the molecule is CC1CCN(C(C)(N)Cc2ccc(O)cc2)CC1. The van der Waals surface area contributed by atoms with Crippen LogP contribution in [0.3, 0.4) is 0 Å². The van der Waals surface area contributed by atoms with Crippen molar-refractivity contribution in [2.75, 3.05) is 13.1 Å². The molecule has 2 rings (SSSR count). The lowest BCUT2D eigenvalue weighted by molar-refractivity contribution is 0.0695. The van der Waals surface area contributed by atoms with E-state index in [1.54, 1.807) is 12.1 Å². The summed E-state index contributed by atoms with van der Waals surface area (Å²) < 4.78 is 0. The number of benzene rings is 1. The average Bonchev–Trinajstić information content (AvgIpc) is 2.32. The largest absolute Gasteiger partial charge is 0.508 e. The molecule has 0 amide bonds. The van der Waals surface area contributed by atoms with Crippen molar-refractivity contribution < 1.29 is 5.11 Å². The predicted octanol–water partition coefficient (Wildman–Crippen LogP) is 2.34. The molecule has 0 bridgehead atoms. The first-order valence-electron chi connectivity index (χ1n) is 6.79. The topological polar surface area (TPSA) is 49.5 Å². The first-order chi connectivity index (χ1) is 8.47. The molecule has 100 valence electrons. The summed E-state index contributed by atoms with van der Waals surface area (Å²) in [5.74, 6) is 1.13. The molecular formula is C15H24N2O. The van der Waals surface area contributed by atoms with Crippen molar-refractivity contribution in [3.63, 3.8) is 0 Å². The van der Waals surface area contributed by atoms with Gasteiger partial charge in [-0.1, -0.05) is 19.1 Å². The fourth-order valence-corrected chi connectivity index (χ4v) is 2.66. The third kappa shape index (κ3) is 3.24. The molecular weight excluding hydrogens is 224 g/mol. The lowest BCUT2D eigenvalue weighted by Crippen LogP contribution is -2.57. The second kappa shape index (κ2) is 5.29. The minimum atomic E-state index is -0.295. The maximum absolute atomic E-state index is 9.29. The zero-order valence-electron chi connectivity index (χ0n) is 11.4. The van der Waals surface area contributed by atoms with Crippen molar-refractivity contribution in [3.05, 3.63) is 29.8 Å². The van der Waals surface area contributed by atoms with E-state index in [0.717, 1.165) is 25.4 Å². The fourth-order valence-electron chi connectivity index (χ4n) is 2.66. The molecule has 1 heterocycles. The van der Waals surface area contributed by atoms with Crippen molar-refractivity contribution in [2.45, 2.75) is 38.8 Å². The molecule has 0 saturated carbocycles. The number of hydrogen-bond acceptors (Lipinski definition) is 3. The van der Waals surface area contributed by atoms with Crippen molar-refractivity contribution in [2.24, 2.45) is 11.7 Å². The normalized spacial score (nSPS) is 21.7. The van der Waals surface area contributed by atoms with Crippen LogP contribution in [0.4, 0.5) is 0 Å². The monoisotopic (exact) mass is 248 g/mol. The maximum Gasteiger partial charge on any atom is 0.115 e. The molecule has 0 aliphatic carbocycles. The lowest BCUT2D eigenvalue weighted by atomic mass is 9.93. The van der Waals surface area contributed by atoms with Crippen LogP contribution in [0.1, 0.15) is 32.3 Å². The number of nitrogens with two attached hydrogens (primary N) is 1. The van der Waals surface area contributed by atoms with E-state index in [4.69, 9.17) is 5.73 Å². The quantitative estimate of drug-likeness (QED) is 0.863. The molecule has 1 aromatic rings. The van der Waals surface area contributed by atoms with E-state index in [0.29, 0.717) is 5.75 Å². The zero-order valence-corrected chi connectivity index (χ0v) is 11.4. The second-order valence-electron chi connectivity index (χ2n) is 5.87. The Morgan fingerprint density at radius 2 is 1.83 bits per heavy atom. The summed E-state index contributed by atoms with van der Waals surface area (Å²) in [5, 5.41) is 9.29. The van der Waals surface area contributed by atoms with Gasteiger partial charge >= 0.3 is 0 Å². The van der Waals surface area contributed by atoms with Gasteiger partial charge in [0.1, 0.15) is 5.75 Å². The van der Waals surface area contributed by atoms with E-state index < -0.39 is 0 Å². The summed E-state index contributed by atoms with van der Waals surface area (Å²) in [4.78, 5) is 2.39. The van der Waals surface area contributed by atoms with Crippen LogP contribution in [-0.4, -0.2) is 28.8 Å². The van der Waals surface area contributed by atoms with Crippen LogP contribution in [-0.2, 0) is 6.42 Å². The molecule has 3 N–H and O–H groups in total. The first kappa shape index (κ1) is 13.4. The molecule has 3 heteroatoms. The van der Waals surface area contributed by atoms with Gasteiger partial charge in [0.2, 0.25) is 0 Å². The van der Waals surface area contributed by atoms with Gasteiger partial charge in [-0.2, -0.15) is 0 Å². The van der Waals surface area contributed by atoms with E-state index in [2.05, 4.69) is 18.7 Å². The summed E-state index contributed by atoms with van der Waals surface area (Å²) >= 11 is 0. The van der Waals surface area contributed by atoms with Gasteiger partial charge in [-0.15, -0.1) is 0 Å². The molecule has 1 saturated heterocycles. The van der Waals surface area contributed by atoms with Gasteiger partial charge in [0.15, 0.2) is 0 Å². The number of piperidine rings is 1. The maximum atomic E-state index is 9.29. The van der Waals surface area contributed by atoms with Gasteiger partial charge in [-0.05, 0) is 43.4 Å². The first-order valence-corrected chi connectivity index (χ1v) is 6.79. The lowest BCUT2D eigenvalue weighted by Gasteiger charge is -2.42. The van der Waals surface area contributed by atoms with Crippen molar-refractivity contribution in [1.29, 1.82) is 0 Å². The van der Waals surface area contributed by atoms with Gasteiger partial charge in [0.05, 0.1) is 5.66 Å². The van der Waals surface area contributed by atoms with Crippen LogP contribution in [0.2, 0.25) is 0 Å². The van der Waals surface area contributed by atoms with Gasteiger partial charge in [0, 0.05) is 19.5 Å². The standard InChI is InChI=1S/C15H24N2O/c1-12-7-9-17(10-8-12)15(2,16)11-13-3-5-14(18)6-4-13/h3-6,12,18H,7-11,16H2,1-2H3. The van der Waals surface area contributed by atoms with Crippen molar-refractivity contribution >= 4 is 0 Å². The summed E-state index contributed by atoms with van der Waals surface area (Å²) in [5.41, 5.74) is 7.35. The average molecular weight is 248 g/mol. The molecule has 0 radical (unpaired) electrons. The summed E-state index contributed by atoms with van der Waals surface area (Å²) in [7, 11) is 0. The highest BCUT2D eigenvalue weighted by Gasteiger charge is 2.30. The molecule has 1 fully saturated rings. The Balaban J connectivity index is 2.00. The van der Waals surface area contributed by atoms with E-state index in [-0.39, 0.29) is 5.66 Å². The Morgan fingerprint density at radius 3 is 2.39 bits per heavy atom. The number of aromatic hydroxyl groups is 1. The van der Waals surface area contributed by atoms with Gasteiger partial charge in [-0.25, -0.2) is 0 Å².